The van der Waals surface area contributed by atoms with Crippen LogP contribution < -0.4 is 0 Å². The van der Waals surface area contributed by atoms with Crippen LogP contribution in [0.4, 0.5) is 0 Å². The van der Waals surface area contributed by atoms with Gasteiger partial charge in [0.25, 0.3) is 0 Å². The Morgan fingerprint density at radius 2 is 1.57 bits per heavy atom. The number of unbranched alkanes of at least 4 members (excludes halogenated alkanes) is 2. The van der Waals surface area contributed by atoms with Crippen LogP contribution in [-0.2, 0) is 0 Å². The lowest BCUT2D eigenvalue weighted by atomic mass is 10.1. The van der Waals surface area contributed by atoms with Crippen molar-refractivity contribution in [3.8, 4) is 0 Å². The lowest BCUT2D eigenvalue weighted by Crippen LogP contribution is -2.28. The summed E-state index contributed by atoms with van der Waals surface area (Å²) in [6.07, 6.45) is 7.72. The molecule has 0 aromatic carbocycles. The minimum Gasteiger partial charge on any atom is -0.396 e. The highest BCUT2D eigenvalue weighted by Crippen LogP contribution is 2.32. The van der Waals surface area contributed by atoms with Gasteiger partial charge in [0.1, 0.15) is 0 Å². The molecule has 0 aliphatic carbocycles. The minimum absolute atomic E-state index is 0.370. The summed E-state index contributed by atoms with van der Waals surface area (Å²) in [5.74, 6) is 0. The normalized spacial score (nSPS) is 14.4. The first-order valence-electron chi connectivity index (χ1n) is 6.13. The molecule has 0 spiro atoms. The van der Waals surface area contributed by atoms with E-state index in [1.807, 2.05) is 0 Å². The van der Waals surface area contributed by atoms with Gasteiger partial charge in [-0.2, -0.15) is 0 Å². The van der Waals surface area contributed by atoms with E-state index in [1.165, 1.54) is 32.1 Å². The standard InChI is InChI=1S/C12H28OSi/c1-5-6-7-9-12(10-8-11-13)14(2,3)4/h12-13H,5-11H2,1-4H3. The van der Waals surface area contributed by atoms with Gasteiger partial charge < -0.3 is 5.11 Å². The van der Waals surface area contributed by atoms with Gasteiger partial charge in [-0.1, -0.05) is 58.7 Å². The van der Waals surface area contributed by atoms with Gasteiger partial charge in [0, 0.05) is 14.7 Å². The van der Waals surface area contributed by atoms with Gasteiger partial charge in [-0.05, 0) is 12.0 Å². The molecule has 0 amide bonds. The molecule has 14 heavy (non-hydrogen) atoms. The zero-order valence-corrected chi connectivity index (χ0v) is 11.5. The third-order valence-electron chi connectivity index (χ3n) is 3.09. The number of hydrogen-bond acceptors (Lipinski definition) is 1. The maximum Gasteiger partial charge on any atom is 0.0473 e. The van der Waals surface area contributed by atoms with Crippen molar-refractivity contribution in [2.45, 2.75) is 70.6 Å². The van der Waals surface area contributed by atoms with Crippen LogP contribution >= 0.6 is 0 Å². The Morgan fingerprint density at radius 3 is 2.00 bits per heavy atom. The summed E-state index contributed by atoms with van der Waals surface area (Å²) in [6.45, 7) is 10.0. The fraction of sp³-hybridized carbons (Fsp3) is 1.00. The van der Waals surface area contributed by atoms with Gasteiger partial charge in [-0.25, -0.2) is 0 Å². The summed E-state index contributed by atoms with van der Waals surface area (Å²) in [7, 11) is -0.985. The molecule has 0 saturated carbocycles. The van der Waals surface area contributed by atoms with Crippen molar-refractivity contribution in [1.29, 1.82) is 0 Å². The molecule has 0 heterocycles. The molecule has 0 aromatic rings. The summed E-state index contributed by atoms with van der Waals surface area (Å²) < 4.78 is 0. The van der Waals surface area contributed by atoms with Gasteiger partial charge in [0.15, 0.2) is 0 Å². The zero-order chi connectivity index (χ0) is 11.0. The molecule has 0 aliphatic rings. The van der Waals surface area contributed by atoms with Crippen molar-refractivity contribution in [3.63, 3.8) is 0 Å². The topological polar surface area (TPSA) is 20.2 Å². The highest BCUT2D eigenvalue weighted by atomic mass is 28.3. The lowest BCUT2D eigenvalue weighted by molar-refractivity contribution is 0.281. The first-order valence-corrected chi connectivity index (χ1v) is 9.71. The molecule has 0 aliphatic heterocycles. The molecule has 2 heteroatoms. The van der Waals surface area contributed by atoms with Crippen molar-refractivity contribution in [3.05, 3.63) is 0 Å². The summed E-state index contributed by atoms with van der Waals surface area (Å²) in [5, 5.41) is 8.87. The van der Waals surface area contributed by atoms with E-state index in [0.29, 0.717) is 6.61 Å². The first-order chi connectivity index (χ1) is 6.52. The molecular formula is C12H28OSi. The van der Waals surface area contributed by atoms with Crippen LogP contribution in [0, 0.1) is 0 Å². The summed E-state index contributed by atoms with van der Waals surface area (Å²) in [4.78, 5) is 0. The average molecular weight is 216 g/mol. The third kappa shape index (κ3) is 6.60. The van der Waals surface area contributed by atoms with Crippen molar-refractivity contribution in [2.24, 2.45) is 0 Å². The van der Waals surface area contributed by atoms with Gasteiger partial charge >= 0.3 is 0 Å². The van der Waals surface area contributed by atoms with Crippen LogP contribution in [0.15, 0.2) is 0 Å². The quantitative estimate of drug-likeness (QED) is 0.479. The fourth-order valence-electron chi connectivity index (χ4n) is 1.99. The van der Waals surface area contributed by atoms with E-state index in [9.17, 15) is 0 Å². The Labute approximate surface area is 90.9 Å². The van der Waals surface area contributed by atoms with E-state index in [-0.39, 0.29) is 0 Å². The molecule has 0 radical (unpaired) electrons. The third-order valence-corrected chi connectivity index (χ3v) is 6.12. The maximum absolute atomic E-state index is 8.87. The molecule has 0 saturated heterocycles. The van der Waals surface area contributed by atoms with E-state index >= 15 is 0 Å². The van der Waals surface area contributed by atoms with E-state index in [2.05, 4.69) is 26.6 Å². The van der Waals surface area contributed by atoms with E-state index in [1.54, 1.807) is 0 Å². The summed E-state index contributed by atoms with van der Waals surface area (Å²) in [6, 6.07) is 0. The second-order valence-electron chi connectivity index (χ2n) is 5.42. The fourth-order valence-corrected chi connectivity index (χ4v) is 4.13. The summed E-state index contributed by atoms with van der Waals surface area (Å²) >= 11 is 0. The Hall–Kier alpha value is 0.177. The second-order valence-corrected chi connectivity index (χ2v) is 11.0. The molecule has 0 aromatic heterocycles. The molecule has 1 nitrogen and oxygen atoms in total. The number of rotatable bonds is 8. The molecule has 1 unspecified atom stereocenters. The van der Waals surface area contributed by atoms with E-state index < -0.39 is 8.07 Å². The predicted molar refractivity (Wildman–Crippen MR) is 67.6 cm³/mol. The molecule has 0 bridgehead atoms. The van der Waals surface area contributed by atoms with E-state index in [0.717, 1.165) is 12.0 Å². The predicted octanol–water partition coefficient (Wildman–Crippen LogP) is 4.05. The Morgan fingerprint density at radius 1 is 1.00 bits per heavy atom. The Bertz CT molecular complexity index is 129. The highest BCUT2D eigenvalue weighted by molar-refractivity contribution is 6.77. The molecule has 86 valence electrons. The minimum atomic E-state index is -0.985. The Kier molecular flexibility index (Phi) is 7.56. The maximum atomic E-state index is 8.87. The first kappa shape index (κ1) is 14.2. The van der Waals surface area contributed by atoms with Crippen LogP contribution in [0.5, 0.6) is 0 Å². The molecule has 0 rings (SSSR count). The van der Waals surface area contributed by atoms with Gasteiger partial charge in [-0.15, -0.1) is 0 Å². The van der Waals surface area contributed by atoms with Crippen LogP contribution in [0.2, 0.25) is 25.2 Å². The SMILES string of the molecule is CCCCCC(CCCO)[Si](C)(C)C. The molecular weight excluding hydrogens is 188 g/mol. The molecule has 0 fully saturated rings. The lowest BCUT2D eigenvalue weighted by Gasteiger charge is -2.29. The number of hydrogen-bond donors (Lipinski definition) is 1. The van der Waals surface area contributed by atoms with Crippen LogP contribution in [-0.4, -0.2) is 19.8 Å². The van der Waals surface area contributed by atoms with Gasteiger partial charge in [0.05, 0.1) is 0 Å². The van der Waals surface area contributed by atoms with E-state index in [4.69, 9.17) is 5.11 Å². The van der Waals surface area contributed by atoms with Gasteiger partial charge in [-0.3, -0.25) is 0 Å². The van der Waals surface area contributed by atoms with Crippen LogP contribution in [0.1, 0.15) is 45.4 Å². The van der Waals surface area contributed by atoms with Crippen LogP contribution in [0.25, 0.3) is 0 Å². The largest absolute Gasteiger partial charge is 0.396 e. The number of aliphatic hydroxyl groups is 1. The zero-order valence-electron chi connectivity index (χ0n) is 10.5. The Balaban J connectivity index is 3.85. The van der Waals surface area contributed by atoms with Gasteiger partial charge in [0.2, 0.25) is 0 Å². The number of aliphatic hydroxyl groups excluding tert-OH is 1. The average Bonchev–Trinajstić information content (AvgIpc) is 2.09. The van der Waals surface area contributed by atoms with Crippen LogP contribution in [0.3, 0.4) is 0 Å². The van der Waals surface area contributed by atoms with Crippen molar-refractivity contribution in [1.82, 2.24) is 0 Å². The molecule has 1 N–H and O–H groups in total. The molecule has 1 atom stereocenters. The van der Waals surface area contributed by atoms with Crippen molar-refractivity contribution >= 4 is 8.07 Å². The monoisotopic (exact) mass is 216 g/mol. The highest BCUT2D eigenvalue weighted by Gasteiger charge is 2.25. The summed E-state index contributed by atoms with van der Waals surface area (Å²) in [5.41, 5.74) is 0.918. The smallest absolute Gasteiger partial charge is 0.0473 e. The van der Waals surface area contributed by atoms with Crippen molar-refractivity contribution < 1.29 is 5.11 Å². The second kappa shape index (κ2) is 7.47. The van der Waals surface area contributed by atoms with Crippen molar-refractivity contribution in [2.75, 3.05) is 6.61 Å².